The highest BCUT2D eigenvalue weighted by atomic mass is 35.5. The van der Waals surface area contributed by atoms with Crippen LogP contribution in [0.2, 0.25) is 5.02 Å². The number of benzene rings is 1. The van der Waals surface area contributed by atoms with Gasteiger partial charge < -0.3 is 10.2 Å². The van der Waals surface area contributed by atoms with Crippen molar-refractivity contribution in [2.45, 2.75) is 6.42 Å². The maximum Gasteiger partial charge on any atom is 0.0407 e. The third kappa shape index (κ3) is 4.78. The average Bonchev–Trinajstić information content (AvgIpc) is 2.60. The second-order valence-electron chi connectivity index (χ2n) is 4.24. The van der Waals surface area contributed by atoms with Crippen molar-refractivity contribution in [3.8, 4) is 0 Å². The van der Waals surface area contributed by atoms with Gasteiger partial charge in [-0.05, 0) is 43.0 Å². The fourth-order valence-corrected chi connectivity index (χ4v) is 3.00. The first-order valence-corrected chi connectivity index (χ1v) is 7.67. The lowest BCUT2D eigenvalue weighted by atomic mass is 10.3. The molecule has 1 aromatic rings. The van der Waals surface area contributed by atoms with Gasteiger partial charge in [0, 0.05) is 36.1 Å². The second-order valence-corrected chi connectivity index (χ2v) is 5.90. The molecule has 1 heterocycles. The van der Waals surface area contributed by atoms with Gasteiger partial charge in [-0.25, -0.2) is 0 Å². The smallest absolute Gasteiger partial charge is 0.0407 e. The van der Waals surface area contributed by atoms with Gasteiger partial charge in [0.05, 0.1) is 0 Å². The topological polar surface area (TPSA) is 15.3 Å². The number of thioether (sulfide) groups is 1. The first kappa shape index (κ1) is 13.1. The van der Waals surface area contributed by atoms with Crippen LogP contribution in [0.25, 0.3) is 0 Å². The highest BCUT2D eigenvalue weighted by Gasteiger charge is 2.07. The summed E-state index contributed by atoms with van der Waals surface area (Å²) < 4.78 is 0. The van der Waals surface area contributed by atoms with E-state index >= 15 is 0 Å². The molecular formula is C13H19ClN2S. The third-order valence-electron chi connectivity index (χ3n) is 2.92. The number of halogens is 1. The Labute approximate surface area is 113 Å². The highest BCUT2D eigenvalue weighted by Crippen LogP contribution is 2.13. The minimum Gasteiger partial charge on any atom is -0.384 e. The zero-order valence-electron chi connectivity index (χ0n) is 9.99. The molecule has 0 amide bonds. The van der Waals surface area contributed by atoms with Crippen molar-refractivity contribution < 1.29 is 0 Å². The van der Waals surface area contributed by atoms with Crippen molar-refractivity contribution in [2.75, 3.05) is 43.0 Å². The number of hydrogen-bond acceptors (Lipinski definition) is 3. The highest BCUT2D eigenvalue weighted by molar-refractivity contribution is 7.99. The molecular weight excluding hydrogens is 252 g/mol. The van der Waals surface area contributed by atoms with Crippen LogP contribution < -0.4 is 5.32 Å². The predicted octanol–water partition coefficient (Wildman–Crippen LogP) is 3.19. The van der Waals surface area contributed by atoms with Gasteiger partial charge in [0.25, 0.3) is 0 Å². The molecule has 17 heavy (non-hydrogen) atoms. The van der Waals surface area contributed by atoms with Crippen molar-refractivity contribution in [3.63, 3.8) is 0 Å². The van der Waals surface area contributed by atoms with Gasteiger partial charge in [-0.2, -0.15) is 11.8 Å². The average molecular weight is 271 g/mol. The van der Waals surface area contributed by atoms with Crippen LogP contribution in [0.3, 0.4) is 0 Å². The largest absolute Gasteiger partial charge is 0.384 e. The predicted molar refractivity (Wildman–Crippen MR) is 78.3 cm³/mol. The van der Waals surface area contributed by atoms with Crippen LogP contribution in [-0.4, -0.2) is 42.6 Å². The van der Waals surface area contributed by atoms with E-state index in [1.165, 1.54) is 31.0 Å². The van der Waals surface area contributed by atoms with E-state index < -0.39 is 0 Å². The molecule has 0 aromatic heterocycles. The van der Waals surface area contributed by atoms with E-state index in [-0.39, 0.29) is 0 Å². The van der Waals surface area contributed by atoms with Crippen molar-refractivity contribution in [1.29, 1.82) is 0 Å². The molecule has 0 atom stereocenters. The molecule has 2 nitrogen and oxygen atoms in total. The molecule has 0 spiro atoms. The summed E-state index contributed by atoms with van der Waals surface area (Å²) in [6, 6.07) is 7.90. The molecule has 2 rings (SSSR count). The van der Waals surface area contributed by atoms with Gasteiger partial charge in [0.15, 0.2) is 0 Å². The van der Waals surface area contributed by atoms with Crippen LogP contribution in [0.5, 0.6) is 0 Å². The first-order chi connectivity index (χ1) is 8.34. The van der Waals surface area contributed by atoms with E-state index in [0.29, 0.717) is 0 Å². The fourth-order valence-electron chi connectivity index (χ4n) is 1.95. The molecule has 0 radical (unpaired) electrons. The molecule has 1 N–H and O–H groups in total. The zero-order valence-corrected chi connectivity index (χ0v) is 11.6. The van der Waals surface area contributed by atoms with E-state index in [0.717, 1.165) is 23.8 Å². The number of nitrogens with zero attached hydrogens (tertiary/aromatic N) is 1. The van der Waals surface area contributed by atoms with Gasteiger partial charge in [-0.15, -0.1) is 0 Å². The first-order valence-electron chi connectivity index (χ1n) is 6.14. The molecule has 1 aliphatic heterocycles. The summed E-state index contributed by atoms with van der Waals surface area (Å²) in [6.07, 6.45) is 1.33. The number of anilines is 1. The normalized spacial score (nSPS) is 17.7. The zero-order chi connectivity index (χ0) is 11.9. The molecule has 1 saturated heterocycles. The van der Waals surface area contributed by atoms with Gasteiger partial charge in [-0.3, -0.25) is 0 Å². The Hall–Kier alpha value is -0.380. The van der Waals surface area contributed by atoms with Crippen molar-refractivity contribution in [2.24, 2.45) is 0 Å². The maximum absolute atomic E-state index is 5.85. The van der Waals surface area contributed by atoms with Crippen LogP contribution in [0.4, 0.5) is 5.69 Å². The van der Waals surface area contributed by atoms with Crippen LogP contribution in [0.15, 0.2) is 24.3 Å². The number of nitrogens with one attached hydrogen (secondary N) is 1. The van der Waals surface area contributed by atoms with Crippen molar-refractivity contribution in [3.05, 3.63) is 29.3 Å². The summed E-state index contributed by atoms with van der Waals surface area (Å²) in [5, 5.41) is 4.22. The van der Waals surface area contributed by atoms with Crippen LogP contribution in [0.1, 0.15) is 6.42 Å². The Morgan fingerprint density at radius 2 is 2.00 bits per heavy atom. The molecule has 0 saturated carbocycles. The van der Waals surface area contributed by atoms with Gasteiger partial charge in [-0.1, -0.05) is 11.6 Å². The summed E-state index contributed by atoms with van der Waals surface area (Å²) in [7, 11) is 0. The molecule has 4 heteroatoms. The summed E-state index contributed by atoms with van der Waals surface area (Å²) in [5.74, 6) is 2.60. The van der Waals surface area contributed by atoms with Crippen LogP contribution >= 0.6 is 23.4 Å². The molecule has 0 unspecified atom stereocenters. The fraction of sp³-hybridized carbons (Fsp3) is 0.538. The molecule has 1 aromatic carbocycles. The summed E-state index contributed by atoms with van der Waals surface area (Å²) in [6.45, 7) is 4.61. The molecule has 1 aliphatic rings. The van der Waals surface area contributed by atoms with E-state index in [1.807, 2.05) is 24.3 Å². The van der Waals surface area contributed by atoms with Gasteiger partial charge in [0.2, 0.25) is 0 Å². The van der Waals surface area contributed by atoms with Gasteiger partial charge in [0.1, 0.15) is 0 Å². The Morgan fingerprint density at radius 3 is 2.82 bits per heavy atom. The summed E-state index contributed by atoms with van der Waals surface area (Å²) in [5.41, 5.74) is 1.15. The number of rotatable bonds is 4. The monoisotopic (exact) mass is 270 g/mol. The van der Waals surface area contributed by atoms with Crippen molar-refractivity contribution in [1.82, 2.24) is 4.90 Å². The quantitative estimate of drug-likeness (QED) is 0.905. The molecule has 0 aliphatic carbocycles. The standard InChI is InChI=1S/C13H19ClN2S/c14-12-2-4-13(5-3-12)15-6-8-16-7-1-10-17-11-9-16/h2-5,15H,1,6-11H2. The summed E-state index contributed by atoms with van der Waals surface area (Å²) in [4.78, 5) is 2.54. The van der Waals surface area contributed by atoms with Crippen LogP contribution in [0, 0.1) is 0 Å². The van der Waals surface area contributed by atoms with E-state index in [2.05, 4.69) is 22.0 Å². The third-order valence-corrected chi connectivity index (χ3v) is 4.22. The Morgan fingerprint density at radius 1 is 1.18 bits per heavy atom. The molecule has 94 valence electrons. The Kier molecular flexibility index (Phi) is 5.49. The SMILES string of the molecule is Clc1ccc(NCCN2CCCSCC2)cc1. The molecule has 1 fully saturated rings. The lowest BCUT2D eigenvalue weighted by Crippen LogP contribution is -2.31. The minimum absolute atomic E-state index is 0.792. The van der Waals surface area contributed by atoms with Crippen molar-refractivity contribution >= 4 is 29.1 Å². The lowest BCUT2D eigenvalue weighted by Gasteiger charge is -2.19. The molecule has 0 bridgehead atoms. The van der Waals surface area contributed by atoms with Crippen LogP contribution in [-0.2, 0) is 0 Å². The van der Waals surface area contributed by atoms with Gasteiger partial charge >= 0.3 is 0 Å². The van der Waals surface area contributed by atoms with E-state index in [4.69, 9.17) is 11.6 Å². The lowest BCUT2D eigenvalue weighted by molar-refractivity contribution is 0.307. The Balaban J connectivity index is 1.69. The number of hydrogen-bond donors (Lipinski definition) is 1. The maximum atomic E-state index is 5.85. The Bertz CT molecular complexity index is 321. The minimum atomic E-state index is 0.792. The summed E-state index contributed by atoms with van der Waals surface area (Å²) >= 11 is 7.92. The van der Waals surface area contributed by atoms with E-state index in [9.17, 15) is 0 Å². The second kappa shape index (κ2) is 7.14. The van der Waals surface area contributed by atoms with E-state index in [1.54, 1.807) is 0 Å².